The van der Waals surface area contributed by atoms with E-state index >= 15 is 0 Å². The molecule has 0 saturated carbocycles. The molecule has 1 aliphatic rings. The molecule has 0 spiro atoms. The van der Waals surface area contributed by atoms with Crippen LogP contribution in [0.15, 0.2) is 15.9 Å². The number of thiophene rings is 1. The molecule has 0 radical (unpaired) electrons. The minimum atomic E-state index is -0.905. The minimum Gasteiger partial charge on any atom is -0.323 e. The molecule has 22 heavy (non-hydrogen) atoms. The average Bonchev–Trinajstić information content (AvgIpc) is 2.95. The predicted molar refractivity (Wildman–Crippen MR) is 89.1 cm³/mol. The molecule has 1 fully saturated rings. The average molecular weight is 387 g/mol. The van der Waals surface area contributed by atoms with Gasteiger partial charge in [-0.3, -0.25) is 14.5 Å². The number of imide groups is 1. The van der Waals surface area contributed by atoms with Gasteiger partial charge in [0.15, 0.2) is 5.78 Å². The number of hydrogen-bond acceptors (Lipinski definition) is 4. The van der Waals surface area contributed by atoms with E-state index in [1.54, 1.807) is 19.1 Å². The van der Waals surface area contributed by atoms with Crippen molar-refractivity contribution in [2.24, 2.45) is 5.92 Å². The molecule has 0 aliphatic carbocycles. The maximum Gasteiger partial charge on any atom is 0.325 e. The van der Waals surface area contributed by atoms with Crippen LogP contribution in [0, 0.1) is 5.92 Å². The minimum absolute atomic E-state index is 0.213. The van der Waals surface area contributed by atoms with Crippen LogP contribution in [0.4, 0.5) is 4.79 Å². The van der Waals surface area contributed by atoms with Crippen molar-refractivity contribution in [3.63, 3.8) is 0 Å². The van der Waals surface area contributed by atoms with Crippen LogP contribution < -0.4 is 5.32 Å². The molecule has 1 unspecified atom stereocenters. The van der Waals surface area contributed by atoms with Crippen LogP contribution in [0.3, 0.4) is 0 Å². The molecule has 7 heteroatoms. The van der Waals surface area contributed by atoms with E-state index in [-0.39, 0.29) is 18.2 Å². The summed E-state index contributed by atoms with van der Waals surface area (Å²) in [5.74, 6) is -0.102. The topological polar surface area (TPSA) is 66.5 Å². The van der Waals surface area contributed by atoms with Gasteiger partial charge in [0.25, 0.3) is 5.91 Å². The van der Waals surface area contributed by atoms with Gasteiger partial charge >= 0.3 is 6.03 Å². The highest BCUT2D eigenvalue weighted by molar-refractivity contribution is 9.11. The Bertz CT molecular complexity index is 614. The summed E-state index contributed by atoms with van der Waals surface area (Å²) < 4.78 is 0.842. The Morgan fingerprint density at radius 2 is 2.09 bits per heavy atom. The summed E-state index contributed by atoms with van der Waals surface area (Å²) >= 11 is 4.59. The van der Waals surface area contributed by atoms with Crippen molar-refractivity contribution in [2.75, 3.05) is 6.54 Å². The Morgan fingerprint density at radius 3 is 2.64 bits per heavy atom. The van der Waals surface area contributed by atoms with Gasteiger partial charge in [0.2, 0.25) is 0 Å². The zero-order valence-electron chi connectivity index (χ0n) is 12.8. The molecule has 2 rings (SSSR count). The summed E-state index contributed by atoms with van der Waals surface area (Å²) in [6.45, 7) is 5.65. The second kappa shape index (κ2) is 6.50. The van der Waals surface area contributed by atoms with E-state index in [0.29, 0.717) is 17.2 Å². The molecule has 1 N–H and O–H groups in total. The highest BCUT2D eigenvalue weighted by Gasteiger charge is 2.47. The van der Waals surface area contributed by atoms with E-state index in [1.165, 1.54) is 11.3 Å². The van der Waals surface area contributed by atoms with Crippen molar-refractivity contribution in [1.29, 1.82) is 0 Å². The fourth-order valence-electron chi connectivity index (χ4n) is 2.32. The maximum atomic E-state index is 12.5. The van der Waals surface area contributed by atoms with E-state index < -0.39 is 11.6 Å². The van der Waals surface area contributed by atoms with Crippen LogP contribution in [0.2, 0.25) is 0 Å². The van der Waals surface area contributed by atoms with Gasteiger partial charge in [-0.15, -0.1) is 11.3 Å². The van der Waals surface area contributed by atoms with Crippen LogP contribution >= 0.6 is 27.3 Å². The molecule has 0 bridgehead atoms. The lowest BCUT2D eigenvalue weighted by molar-refractivity contribution is -0.130. The van der Waals surface area contributed by atoms with Gasteiger partial charge in [0.05, 0.1) is 15.2 Å². The third kappa shape index (κ3) is 3.57. The molecule has 1 saturated heterocycles. The number of ketones is 1. The second-order valence-corrected chi connectivity index (χ2v) is 8.58. The van der Waals surface area contributed by atoms with Crippen molar-refractivity contribution in [3.8, 4) is 0 Å². The molecule has 120 valence electrons. The van der Waals surface area contributed by atoms with Gasteiger partial charge in [-0.25, -0.2) is 4.79 Å². The van der Waals surface area contributed by atoms with Gasteiger partial charge in [-0.05, 0) is 53.7 Å². The number of halogens is 1. The molecule has 2 heterocycles. The van der Waals surface area contributed by atoms with Crippen LogP contribution in [-0.4, -0.2) is 34.7 Å². The van der Waals surface area contributed by atoms with Gasteiger partial charge in [0.1, 0.15) is 5.54 Å². The Labute approximate surface area is 142 Å². The number of Topliss-reactive ketones (excluding diaryl/α,β-unsaturated/α-hetero) is 1. The molecular weight excluding hydrogens is 368 g/mol. The van der Waals surface area contributed by atoms with Crippen LogP contribution in [0.25, 0.3) is 0 Å². The number of amides is 3. The lowest BCUT2D eigenvalue weighted by Crippen LogP contribution is -2.44. The quantitative estimate of drug-likeness (QED) is 0.601. The molecule has 0 aromatic carbocycles. The summed E-state index contributed by atoms with van der Waals surface area (Å²) in [6, 6.07) is 2.98. The molecule has 1 atom stereocenters. The third-order valence-electron chi connectivity index (χ3n) is 3.72. The Balaban J connectivity index is 2.07. The summed E-state index contributed by atoms with van der Waals surface area (Å²) in [5.41, 5.74) is -0.905. The summed E-state index contributed by atoms with van der Waals surface area (Å²) in [4.78, 5) is 38.3. The first-order valence-corrected chi connectivity index (χ1v) is 8.76. The van der Waals surface area contributed by atoms with Crippen molar-refractivity contribution in [1.82, 2.24) is 10.2 Å². The molecule has 5 nitrogen and oxygen atoms in total. The monoisotopic (exact) mass is 386 g/mol. The van der Waals surface area contributed by atoms with Crippen LogP contribution in [0.1, 0.15) is 43.3 Å². The lowest BCUT2D eigenvalue weighted by Gasteiger charge is -2.22. The number of urea groups is 1. The second-order valence-electron chi connectivity index (χ2n) is 6.11. The number of nitrogens with zero attached hydrogens (tertiary/aromatic N) is 1. The highest BCUT2D eigenvalue weighted by atomic mass is 79.9. The van der Waals surface area contributed by atoms with Gasteiger partial charge in [-0.2, -0.15) is 0 Å². The van der Waals surface area contributed by atoms with E-state index in [2.05, 4.69) is 35.1 Å². The number of hydrogen-bond donors (Lipinski definition) is 1. The SMILES string of the molecule is CC(C)CCC1(C)NC(=O)N(CC(=O)c2ccc(Br)s2)C1=O. The Morgan fingerprint density at radius 1 is 1.41 bits per heavy atom. The lowest BCUT2D eigenvalue weighted by atomic mass is 9.92. The maximum absolute atomic E-state index is 12.5. The van der Waals surface area contributed by atoms with Crippen molar-refractivity contribution >= 4 is 45.0 Å². The molecule has 1 aromatic rings. The molecule has 1 aliphatic heterocycles. The number of carbonyl (C=O) groups excluding carboxylic acids is 3. The predicted octanol–water partition coefficient (Wildman–Crippen LogP) is 3.44. The first kappa shape index (κ1) is 17.1. The number of carbonyl (C=O) groups is 3. The van der Waals surface area contributed by atoms with Crippen molar-refractivity contribution in [2.45, 2.75) is 39.2 Å². The molecule has 3 amide bonds. The van der Waals surface area contributed by atoms with E-state index in [1.807, 2.05) is 0 Å². The first-order valence-electron chi connectivity index (χ1n) is 7.15. The fraction of sp³-hybridized carbons (Fsp3) is 0.533. The number of rotatable bonds is 6. The zero-order valence-corrected chi connectivity index (χ0v) is 15.2. The summed E-state index contributed by atoms with van der Waals surface area (Å²) in [6.07, 6.45) is 1.41. The normalized spacial score (nSPS) is 21.6. The summed E-state index contributed by atoms with van der Waals surface area (Å²) in [5, 5.41) is 2.73. The van der Waals surface area contributed by atoms with Gasteiger partial charge < -0.3 is 5.32 Å². The number of nitrogens with one attached hydrogen (secondary N) is 1. The Kier molecular flexibility index (Phi) is 5.07. The fourth-order valence-corrected chi connectivity index (χ4v) is 3.64. The summed E-state index contributed by atoms with van der Waals surface area (Å²) in [7, 11) is 0. The van der Waals surface area contributed by atoms with Gasteiger partial charge in [0, 0.05) is 0 Å². The van der Waals surface area contributed by atoms with E-state index in [9.17, 15) is 14.4 Å². The van der Waals surface area contributed by atoms with Gasteiger partial charge in [-0.1, -0.05) is 13.8 Å². The standard InChI is InChI=1S/C15H19BrN2O3S/c1-9(2)6-7-15(3)13(20)18(14(21)17-15)8-10(19)11-4-5-12(16)22-11/h4-5,9H,6-8H2,1-3H3,(H,17,21). The van der Waals surface area contributed by atoms with Crippen molar-refractivity contribution < 1.29 is 14.4 Å². The third-order valence-corrected chi connectivity index (χ3v) is 5.38. The highest BCUT2D eigenvalue weighted by Crippen LogP contribution is 2.26. The smallest absolute Gasteiger partial charge is 0.323 e. The first-order chi connectivity index (χ1) is 10.2. The Hall–Kier alpha value is -1.21. The van der Waals surface area contributed by atoms with E-state index in [0.717, 1.165) is 15.1 Å². The van der Waals surface area contributed by atoms with Crippen LogP contribution in [0.5, 0.6) is 0 Å². The zero-order chi connectivity index (χ0) is 16.5. The van der Waals surface area contributed by atoms with Crippen molar-refractivity contribution in [3.05, 3.63) is 20.8 Å². The molecular formula is C15H19BrN2O3S. The largest absolute Gasteiger partial charge is 0.325 e. The van der Waals surface area contributed by atoms with Crippen LogP contribution in [-0.2, 0) is 4.79 Å². The van der Waals surface area contributed by atoms with E-state index in [4.69, 9.17) is 0 Å². The molecule has 1 aromatic heterocycles.